The summed E-state index contributed by atoms with van der Waals surface area (Å²) in [5.41, 5.74) is 1.93. The average Bonchev–Trinajstić information content (AvgIpc) is 3.53. The van der Waals surface area contributed by atoms with Gasteiger partial charge < -0.3 is 24.7 Å². The van der Waals surface area contributed by atoms with Gasteiger partial charge in [-0.2, -0.15) is 0 Å². The zero-order chi connectivity index (χ0) is 20.8. The molecule has 2 aromatic rings. The molecule has 160 valence electrons. The molecule has 2 fully saturated rings. The van der Waals surface area contributed by atoms with E-state index in [4.69, 9.17) is 14.1 Å². The lowest BCUT2D eigenvalue weighted by Gasteiger charge is -2.25. The number of nitrogens with zero attached hydrogens (tertiary/aromatic N) is 2. The van der Waals surface area contributed by atoms with Crippen molar-refractivity contribution in [3.05, 3.63) is 59.5 Å². The third-order valence-corrected chi connectivity index (χ3v) is 5.86. The summed E-state index contributed by atoms with van der Waals surface area (Å²) in [5.74, 6) is 1.55. The van der Waals surface area contributed by atoms with E-state index in [0.717, 1.165) is 63.0 Å². The van der Waals surface area contributed by atoms with Crippen molar-refractivity contribution in [2.75, 3.05) is 32.8 Å². The monoisotopic (exact) mass is 410 g/mol. The molecule has 2 aliphatic heterocycles. The van der Waals surface area contributed by atoms with Crippen LogP contribution in [0.5, 0.6) is 0 Å². The Morgan fingerprint density at radius 3 is 2.93 bits per heavy atom. The molecule has 1 aromatic heterocycles. The number of carbonyl (C=O) groups excluding carboxylic acids is 1. The minimum absolute atomic E-state index is 0.119. The Morgan fingerprint density at radius 2 is 2.17 bits per heavy atom. The molecule has 2 aliphatic rings. The second-order valence-electron chi connectivity index (χ2n) is 8.11. The number of hydrogen-bond acceptors (Lipinski definition) is 4. The van der Waals surface area contributed by atoms with Crippen LogP contribution in [-0.2, 0) is 17.8 Å². The van der Waals surface area contributed by atoms with E-state index >= 15 is 0 Å². The molecule has 1 amide bonds. The summed E-state index contributed by atoms with van der Waals surface area (Å²) in [6.45, 7) is 7.55. The van der Waals surface area contributed by atoms with Gasteiger partial charge in [0.2, 0.25) is 0 Å². The van der Waals surface area contributed by atoms with Gasteiger partial charge in [-0.25, -0.2) is 4.99 Å². The van der Waals surface area contributed by atoms with E-state index in [-0.39, 0.29) is 5.91 Å². The van der Waals surface area contributed by atoms with Crippen molar-refractivity contribution in [3.63, 3.8) is 0 Å². The van der Waals surface area contributed by atoms with Crippen molar-refractivity contribution in [1.29, 1.82) is 0 Å². The van der Waals surface area contributed by atoms with Gasteiger partial charge in [0.05, 0.1) is 26.0 Å². The van der Waals surface area contributed by atoms with Crippen LogP contribution >= 0.6 is 0 Å². The van der Waals surface area contributed by atoms with Crippen molar-refractivity contribution < 1.29 is 13.9 Å². The Bertz CT molecular complexity index is 872. The number of guanidine groups is 1. The average molecular weight is 411 g/mol. The fourth-order valence-corrected chi connectivity index (χ4v) is 4.17. The summed E-state index contributed by atoms with van der Waals surface area (Å²) in [6.07, 6.45) is 3.89. The number of rotatable bonds is 6. The van der Waals surface area contributed by atoms with E-state index in [2.05, 4.69) is 22.5 Å². The van der Waals surface area contributed by atoms with E-state index in [1.165, 1.54) is 0 Å². The zero-order valence-corrected chi connectivity index (χ0v) is 17.5. The van der Waals surface area contributed by atoms with Gasteiger partial charge >= 0.3 is 0 Å². The molecule has 7 heteroatoms. The van der Waals surface area contributed by atoms with Crippen LogP contribution in [0, 0.1) is 5.41 Å². The quantitative estimate of drug-likeness (QED) is 0.566. The lowest BCUT2D eigenvalue weighted by molar-refractivity contribution is 0.0948. The molecular formula is C23H30N4O3. The molecule has 2 saturated heterocycles. The third-order valence-electron chi connectivity index (χ3n) is 5.86. The Hall–Kier alpha value is -2.80. The summed E-state index contributed by atoms with van der Waals surface area (Å²) in [5, 5.41) is 6.31. The number of nitrogens with one attached hydrogen (secondary N) is 2. The maximum Gasteiger partial charge on any atom is 0.251 e. The molecule has 30 heavy (non-hydrogen) atoms. The second-order valence-corrected chi connectivity index (χ2v) is 8.11. The van der Waals surface area contributed by atoms with Crippen molar-refractivity contribution in [2.24, 2.45) is 10.4 Å². The molecule has 2 N–H and O–H groups in total. The van der Waals surface area contributed by atoms with E-state index in [1.807, 2.05) is 36.4 Å². The minimum Gasteiger partial charge on any atom is -0.467 e. The highest BCUT2D eigenvalue weighted by molar-refractivity contribution is 5.94. The van der Waals surface area contributed by atoms with Gasteiger partial charge in [0, 0.05) is 37.2 Å². The minimum atomic E-state index is -0.119. The first kappa shape index (κ1) is 20.5. The number of aliphatic imine (C=N–C) groups is 1. The first-order valence-electron chi connectivity index (χ1n) is 10.7. The van der Waals surface area contributed by atoms with Crippen molar-refractivity contribution in [2.45, 2.75) is 32.9 Å². The summed E-state index contributed by atoms with van der Waals surface area (Å²) in [7, 11) is 0. The Morgan fingerprint density at radius 1 is 1.23 bits per heavy atom. The van der Waals surface area contributed by atoms with Gasteiger partial charge in [0.1, 0.15) is 5.76 Å². The highest BCUT2D eigenvalue weighted by Gasteiger charge is 2.42. The molecule has 7 nitrogen and oxygen atoms in total. The summed E-state index contributed by atoms with van der Waals surface area (Å²) in [4.78, 5) is 19.7. The number of benzene rings is 1. The molecule has 0 radical (unpaired) electrons. The summed E-state index contributed by atoms with van der Waals surface area (Å²) < 4.78 is 10.9. The molecule has 1 atom stereocenters. The van der Waals surface area contributed by atoms with Crippen LogP contribution in [0.2, 0.25) is 0 Å². The molecule has 0 bridgehead atoms. The topological polar surface area (TPSA) is 79.1 Å². The maximum atomic E-state index is 12.5. The van der Waals surface area contributed by atoms with Crippen molar-refractivity contribution >= 4 is 11.9 Å². The molecule has 1 unspecified atom stereocenters. The third kappa shape index (κ3) is 4.84. The lowest BCUT2D eigenvalue weighted by Crippen LogP contribution is -2.41. The number of likely N-dealkylation sites (tertiary alicyclic amines) is 1. The van der Waals surface area contributed by atoms with Gasteiger partial charge in [0.25, 0.3) is 5.91 Å². The first-order chi connectivity index (χ1) is 14.7. The van der Waals surface area contributed by atoms with Crippen LogP contribution in [-0.4, -0.2) is 49.6 Å². The van der Waals surface area contributed by atoms with Crippen LogP contribution < -0.4 is 10.6 Å². The fourth-order valence-electron chi connectivity index (χ4n) is 4.17. The second kappa shape index (κ2) is 9.34. The Kier molecular flexibility index (Phi) is 6.38. The van der Waals surface area contributed by atoms with Gasteiger partial charge in [-0.3, -0.25) is 4.79 Å². The van der Waals surface area contributed by atoms with Gasteiger partial charge in [-0.15, -0.1) is 0 Å². The van der Waals surface area contributed by atoms with Crippen molar-refractivity contribution in [3.8, 4) is 0 Å². The predicted octanol–water partition coefficient (Wildman–Crippen LogP) is 2.79. The van der Waals surface area contributed by atoms with Gasteiger partial charge in [-0.05, 0) is 49.6 Å². The number of ether oxygens (including phenoxy) is 1. The number of hydrogen-bond donors (Lipinski definition) is 2. The standard InChI is InChI=1S/C23H30N4O3/c1-2-24-22(27-10-8-23(16-27)9-12-29-17-23)26-14-18-5-3-6-19(13-18)21(28)25-15-20-7-4-11-30-20/h3-7,11,13H,2,8-10,12,14-17H2,1H3,(H,24,26)(H,25,28). The molecule has 0 aliphatic carbocycles. The van der Waals surface area contributed by atoms with Crippen LogP contribution in [0.15, 0.2) is 52.1 Å². The van der Waals surface area contributed by atoms with Crippen molar-refractivity contribution in [1.82, 2.24) is 15.5 Å². The van der Waals surface area contributed by atoms with E-state index in [0.29, 0.717) is 24.1 Å². The molecule has 3 heterocycles. The molecule has 1 aromatic carbocycles. The Balaban J connectivity index is 1.39. The lowest BCUT2D eigenvalue weighted by atomic mass is 9.87. The predicted molar refractivity (Wildman–Crippen MR) is 115 cm³/mol. The van der Waals surface area contributed by atoms with Crippen LogP contribution in [0.25, 0.3) is 0 Å². The van der Waals surface area contributed by atoms with Gasteiger partial charge in [-0.1, -0.05) is 12.1 Å². The van der Waals surface area contributed by atoms with E-state index in [1.54, 1.807) is 6.26 Å². The number of amides is 1. The number of carbonyl (C=O) groups is 1. The maximum absolute atomic E-state index is 12.5. The Labute approximate surface area is 177 Å². The smallest absolute Gasteiger partial charge is 0.251 e. The van der Waals surface area contributed by atoms with Crippen LogP contribution in [0.3, 0.4) is 0 Å². The highest BCUT2D eigenvalue weighted by atomic mass is 16.5. The molecule has 4 rings (SSSR count). The van der Waals surface area contributed by atoms with Gasteiger partial charge in [0.15, 0.2) is 5.96 Å². The molecular weight excluding hydrogens is 380 g/mol. The summed E-state index contributed by atoms with van der Waals surface area (Å²) in [6, 6.07) is 11.3. The van der Waals surface area contributed by atoms with Crippen LogP contribution in [0.1, 0.15) is 41.4 Å². The molecule has 0 saturated carbocycles. The largest absolute Gasteiger partial charge is 0.467 e. The SMILES string of the molecule is CCNC(=NCc1cccc(C(=O)NCc2ccco2)c1)N1CCC2(CCOC2)C1. The van der Waals surface area contributed by atoms with Crippen LogP contribution in [0.4, 0.5) is 0 Å². The summed E-state index contributed by atoms with van der Waals surface area (Å²) >= 11 is 0. The van der Waals surface area contributed by atoms with E-state index in [9.17, 15) is 4.79 Å². The zero-order valence-electron chi connectivity index (χ0n) is 17.5. The fraction of sp³-hybridized carbons (Fsp3) is 0.478. The number of furan rings is 1. The normalized spacial score (nSPS) is 21.4. The first-order valence-corrected chi connectivity index (χ1v) is 10.7. The van der Waals surface area contributed by atoms with E-state index < -0.39 is 0 Å². The molecule has 1 spiro atoms. The highest BCUT2D eigenvalue weighted by Crippen LogP contribution is 2.38.